The van der Waals surface area contributed by atoms with Gasteiger partial charge in [-0.15, -0.1) is 0 Å². The van der Waals surface area contributed by atoms with Gasteiger partial charge in [0.05, 0.1) is 5.56 Å². The lowest BCUT2D eigenvalue weighted by Crippen LogP contribution is -2.40. The van der Waals surface area contributed by atoms with Gasteiger partial charge in [0, 0.05) is 38.6 Å². The number of aromatic nitrogens is 1. The Balaban J connectivity index is 1.46. The number of likely N-dealkylation sites (tertiary alicyclic amines) is 1. The van der Waals surface area contributed by atoms with Crippen molar-refractivity contribution in [1.82, 2.24) is 14.4 Å². The van der Waals surface area contributed by atoms with E-state index < -0.39 is 0 Å². The van der Waals surface area contributed by atoms with Gasteiger partial charge in [-0.1, -0.05) is 18.2 Å². The molecule has 28 heavy (non-hydrogen) atoms. The maximum atomic E-state index is 13.8. The molecule has 0 unspecified atom stereocenters. The number of amides is 1. The van der Waals surface area contributed by atoms with E-state index in [0.29, 0.717) is 5.92 Å². The van der Waals surface area contributed by atoms with Gasteiger partial charge in [0.1, 0.15) is 5.82 Å². The molecule has 3 rings (SSSR count). The first-order chi connectivity index (χ1) is 13.4. The van der Waals surface area contributed by atoms with Crippen LogP contribution in [0.2, 0.25) is 0 Å². The van der Waals surface area contributed by atoms with Gasteiger partial charge < -0.3 is 14.4 Å². The zero-order valence-electron chi connectivity index (χ0n) is 17.5. The molecule has 1 aliphatic rings. The third-order valence-corrected chi connectivity index (χ3v) is 6.25. The Hall–Kier alpha value is -2.14. The second-order valence-electron chi connectivity index (χ2n) is 8.16. The van der Waals surface area contributed by atoms with E-state index in [1.807, 2.05) is 51.0 Å². The Labute approximate surface area is 167 Å². The molecule has 2 heterocycles. The minimum absolute atomic E-state index is 0.107. The summed E-state index contributed by atoms with van der Waals surface area (Å²) in [4.78, 5) is 17.1. The minimum Gasteiger partial charge on any atom is -0.351 e. The normalized spacial score (nSPS) is 15.8. The molecule has 0 bridgehead atoms. The van der Waals surface area contributed by atoms with Crippen molar-refractivity contribution in [2.45, 2.75) is 33.1 Å². The highest BCUT2D eigenvalue weighted by atomic mass is 19.1. The third kappa shape index (κ3) is 4.64. The van der Waals surface area contributed by atoms with Crippen molar-refractivity contribution in [1.29, 1.82) is 0 Å². The lowest BCUT2D eigenvalue weighted by atomic mass is 9.95. The minimum atomic E-state index is -0.107. The molecule has 1 saturated heterocycles. The first-order valence-corrected chi connectivity index (χ1v) is 10.2. The number of halogens is 1. The molecule has 1 aromatic carbocycles. The van der Waals surface area contributed by atoms with Crippen molar-refractivity contribution in [3.05, 3.63) is 58.7 Å². The highest BCUT2D eigenvalue weighted by Gasteiger charge is 2.24. The molecule has 1 aliphatic heterocycles. The van der Waals surface area contributed by atoms with Crippen LogP contribution in [-0.2, 0) is 13.5 Å². The molecular weight excluding hydrogens is 353 g/mol. The first-order valence-electron chi connectivity index (χ1n) is 10.2. The smallest absolute Gasteiger partial charge is 0.255 e. The largest absolute Gasteiger partial charge is 0.351 e. The maximum absolute atomic E-state index is 13.8. The van der Waals surface area contributed by atoms with E-state index in [2.05, 4.69) is 9.47 Å². The van der Waals surface area contributed by atoms with Gasteiger partial charge in [-0.3, -0.25) is 4.79 Å². The number of piperidine rings is 1. The Morgan fingerprint density at radius 2 is 1.89 bits per heavy atom. The molecule has 1 aromatic heterocycles. The molecule has 1 amide bonds. The number of nitrogens with zero attached hydrogens (tertiary/aromatic N) is 3. The van der Waals surface area contributed by atoms with Crippen molar-refractivity contribution < 1.29 is 9.18 Å². The number of hydrogen-bond donors (Lipinski definition) is 0. The average Bonchev–Trinajstić information content (AvgIpc) is 2.95. The summed E-state index contributed by atoms with van der Waals surface area (Å²) < 4.78 is 15.8. The molecule has 5 heteroatoms. The summed E-state index contributed by atoms with van der Waals surface area (Å²) in [5.41, 5.74) is 3.74. The van der Waals surface area contributed by atoms with Crippen LogP contribution < -0.4 is 0 Å². The zero-order valence-corrected chi connectivity index (χ0v) is 17.5. The topological polar surface area (TPSA) is 28.5 Å². The quantitative estimate of drug-likeness (QED) is 0.757. The molecule has 0 atom stereocenters. The van der Waals surface area contributed by atoms with Crippen LogP contribution >= 0.6 is 0 Å². The summed E-state index contributed by atoms with van der Waals surface area (Å²) in [5.74, 6) is 0.538. The summed E-state index contributed by atoms with van der Waals surface area (Å²) in [6.07, 6.45) is 2.92. The van der Waals surface area contributed by atoms with Crippen LogP contribution in [-0.4, -0.2) is 53.5 Å². The number of rotatable bonds is 6. The molecule has 152 valence electrons. The van der Waals surface area contributed by atoms with Gasteiger partial charge in [-0.2, -0.15) is 0 Å². The molecule has 4 nitrogen and oxygen atoms in total. The Morgan fingerprint density at radius 3 is 2.50 bits per heavy atom. The number of hydrogen-bond acceptors (Lipinski definition) is 2. The number of carbonyl (C=O) groups is 1. The Bertz CT molecular complexity index is 821. The third-order valence-electron chi connectivity index (χ3n) is 6.25. The Morgan fingerprint density at radius 1 is 1.21 bits per heavy atom. The van der Waals surface area contributed by atoms with Gasteiger partial charge in [0.15, 0.2) is 0 Å². The second kappa shape index (κ2) is 8.91. The average molecular weight is 386 g/mol. The molecule has 2 aromatic rings. The molecule has 1 fully saturated rings. The molecule has 0 N–H and O–H groups in total. The highest BCUT2D eigenvalue weighted by Crippen LogP contribution is 2.21. The van der Waals surface area contributed by atoms with Crippen LogP contribution in [0.5, 0.6) is 0 Å². The van der Waals surface area contributed by atoms with Crippen LogP contribution in [0.15, 0.2) is 30.3 Å². The van der Waals surface area contributed by atoms with Crippen LogP contribution in [0.3, 0.4) is 0 Å². The Kier molecular flexibility index (Phi) is 6.55. The lowest BCUT2D eigenvalue weighted by Gasteiger charge is -2.34. The fourth-order valence-electron chi connectivity index (χ4n) is 4.12. The SMILES string of the molecule is Cc1cc(C(=O)N(C)CC2CCN(CCc3ccccc3F)CC2)c(C)n1C. The van der Waals surface area contributed by atoms with Crippen molar-refractivity contribution in [2.24, 2.45) is 13.0 Å². The molecular formula is C23H32FN3O. The maximum Gasteiger partial charge on any atom is 0.255 e. The lowest BCUT2D eigenvalue weighted by molar-refractivity contribution is 0.0739. The number of aryl methyl sites for hydroxylation is 1. The standard InChI is InChI=1S/C23H32FN3O/c1-17-15-21(18(2)26(17)4)23(28)25(3)16-19-9-12-27(13-10-19)14-11-20-7-5-6-8-22(20)24/h5-8,15,19H,9-14,16H2,1-4H3. The van der Waals surface area contributed by atoms with E-state index in [4.69, 9.17) is 0 Å². The highest BCUT2D eigenvalue weighted by molar-refractivity contribution is 5.95. The van der Waals surface area contributed by atoms with Crippen molar-refractivity contribution in [3.63, 3.8) is 0 Å². The van der Waals surface area contributed by atoms with E-state index in [0.717, 1.165) is 68.0 Å². The van der Waals surface area contributed by atoms with Crippen LogP contribution in [0.1, 0.15) is 40.2 Å². The summed E-state index contributed by atoms with van der Waals surface area (Å²) in [6, 6.07) is 9.02. The monoisotopic (exact) mass is 385 g/mol. The van der Waals surface area contributed by atoms with Crippen LogP contribution in [0, 0.1) is 25.6 Å². The fourth-order valence-corrected chi connectivity index (χ4v) is 4.12. The van der Waals surface area contributed by atoms with Crippen molar-refractivity contribution in [3.8, 4) is 0 Å². The summed E-state index contributed by atoms with van der Waals surface area (Å²) in [5, 5.41) is 0. The molecule has 0 spiro atoms. The van der Waals surface area contributed by atoms with E-state index in [-0.39, 0.29) is 11.7 Å². The van der Waals surface area contributed by atoms with Gasteiger partial charge in [-0.05, 0) is 69.8 Å². The number of carbonyl (C=O) groups excluding carboxylic acids is 1. The van der Waals surface area contributed by atoms with Crippen molar-refractivity contribution in [2.75, 3.05) is 33.2 Å². The summed E-state index contributed by atoms with van der Waals surface area (Å²) in [6.45, 7) is 7.76. The van der Waals surface area contributed by atoms with Gasteiger partial charge >= 0.3 is 0 Å². The number of benzene rings is 1. The van der Waals surface area contributed by atoms with E-state index >= 15 is 0 Å². The molecule has 0 radical (unpaired) electrons. The van der Waals surface area contributed by atoms with Crippen LogP contribution in [0.4, 0.5) is 4.39 Å². The van der Waals surface area contributed by atoms with E-state index in [1.165, 1.54) is 6.07 Å². The van der Waals surface area contributed by atoms with E-state index in [9.17, 15) is 9.18 Å². The molecule has 0 saturated carbocycles. The van der Waals surface area contributed by atoms with E-state index in [1.54, 1.807) is 6.07 Å². The van der Waals surface area contributed by atoms with Gasteiger partial charge in [0.2, 0.25) is 0 Å². The first kappa shape index (κ1) is 20.6. The van der Waals surface area contributed by atoms with Gasteiger partial charge in [-0.25, -0.2) is 4.39 Å². The van der Waals surface area contributed by atoms with Gasteiger partial charge in [0.25, 0.3) is 5.91 Å². The second-order valence-corrected chi connectivity index (χ2v) is 8.16. The van der Waals surface area contributed by atoms with Crippen LogP contribution in [0.25, 0.3) is 0 Å². The molecule has 0 aliphatic carbocycles. The van der Waals surface area contributed by atoms with Crippen molar-refractivity contribution >= 4 is 5.91 Å². The summed E-state index contributed by atoms with van der Waals surface area (Å²) in [7, 11) is 3.91. The zero-order chi connectivity index (χ0) is 20.3. The fraction of sp³-hybridized carbons (Fsp3) is 0.522. The predicted molar refractivity (Wildman–Crippen MR) is 111 cm³/mol. The predicted octanol–water partition coefficient (Wildman–Crippen LogP) is 3.81. The summed E-state index contributed by atoms with van der Waals surface area (Å²) >= 11 is 0.